The Labute approximate surface area is 307 Å². The van der Waals surface area contributed by atoms with E-state index < -0.39 is 76.6 Å². The second-order valence-electron chi connectivity index (χ2n) is 14.3. The standard InChI is InChI=1S/C30H40N10O10P2S/c1-51(43)45-10-17-22(21(42)27(48-17)39-8-14-4-2-3-5-15-18(14)25(39)35-12-34-15)50-52(44,53)46-9-16-20(41)23(49-51)28(47-16)40-13-36-19-24(31)37-29(38-26(19)40)33-11-30(32)6-7-30/h8,12-13,16-17,20-23,27-28,41-42H,2-7,9-11,32H2,1H3,(H,44,53)(H3,31,33,37,38)/t16-,17-,20-,21-,22-,23-,27-,28-,51?,52?/m1/s1. The maximum Gasteiger partial charge on any atom is 0.328 e. The molecular weight excluding hydrogens is 754 g/mol. The van der Waals surface area contributed by atoms with Crippen LogP contribution >= 0.6 is 14.3 Å². The van der Waals surface area contributed by atoms with Gasteiger partial charge in [-0.1, -0.05) is 0 Å². The molecule has 2 unspecified atom stereocenters. The van der Waals surface area contributed by atoms with Crippen molar-refractivity contribution in [3.8, 4) is 0 Å². The molecule has 286 valence electrons. The van der Waals surface area contributed by atoms with Crippen molar-refractivity contribution in [2.45, 2.75) is 93.1 Å². The van der Waals surface area contributed by atoms with Crippen LogP contribution in [0, 0.1) is 0 Å². The number of nitrogen functional groups attached to an aromatic ring is 1. The lowest BCUT2D eigenvalue weighted by atomic mass is 10.1. The van der Waals surface area contributed by atoms with Crippen molar-refractivity contribution < 1.29 is 47.2 Å². The lowest BCUT2D eigenvalue weighted by Gasteiger charge is -2.27. The van der Waals surface area contributed by atoms with Crippen LogP contribution in [0.1, 0.15) is 49.4 Å². The highest BCUT2D eigenvalue weighted by Gasteiger charge is 2.53. The van der Waals surface area contributed by atoms with Crippen molar-refractivity contribution in [1.82, 2.24) is 34.1 Å². The fourth-order valence-corrected chi connectivity index (χ4v) is 10.0. The van der Waals surface area contributed by atoms with Gasteiger partial charge in [0.25, 0.3) is 0 Å². The van der Waals surface area contributed by atoms with Gasteiger partial charge in [-0.3, -0.25) is 18.2 Å². The van der Waals surface area contributed by atoms with E-state index in [0.717, 1.165) is 55.2 Å². The number of fused-ring (bicyclic) bond motifs is 4. The number of nitrogens with zero attached hydrogens (tertiary/aromatic N) is 7. The van der Waals surface area contributed by atoms with E-state index >= 15 is 0 Å². The zero-order valence-electron chi connectivity index (χ0n) is 28.5. The van der Waals surface area contributed by atoms with Gasteiger partial charge in [-0.2, -0.15) is 9.97 Å². The Morgan fingerprint density at radius 2 is 1.75 bits per heavy atom. The first kappa shape index (κ1) is 35.9. The number of hydrogen-bond donors (Lipinski definition) is 6. The average molecular weight is 795 g/mol. The molecule has 7 heterocycles. The highest BCUT2D eigenvalue weighted by atomic mass is 32.5. The van der Waals surface area contributed by atoms with Crippen LogP contribution in [-0.2, 0) is 56.8 Å². The SMILES string of the molecule is CP1(=O)OC[C@H]2O[C@@H](n3cc4c5c(ncnc53)CCCC4)[C@H](O)[C@@H]2OP(O)(=S)OC[C@H]2O[C@@H](n3cnc4c(N)nc(NCC5(N)CC5)nc43)[C@H](O1)[C@@H]2O. The van der Waals surface area contributed by atoms with E-state index in [1.54, 1.807) is 4.57 Å². The molecule has 4 fully saturated rings. The topological polar surface area (TPSA) is 272 Å². The molecule has 23 heteroatoms. The molecule has 1 saturated carbocycles. The molecule has 8 N–H and O–H groups in total. The summed E-state index contributed by atoms with van der Waals surface area (Å²) in [5.74, 6) is 0.298. The fourth-order valence-electron chi connectivity index (χ4n) is 7.43. The van der Waals surface area contributed by atoms with Gasteiger partial charge in [-0.05, 0) is 55.9 Å². The maximum absolute atomic E-state index is 14.0. The summed E-state index contributed by atoms with van der Waals surface area (Å²) >= 11 is 5.39. The molecule has 9 rings (SSSR count). The molecule has 4 aromatic rings. The number of anilines is 2. The first-order valence-electron chi connectivity index (χ1n) is 17.4. The minimum atomic E-state index is -4.14. The van der Waals surface area contributed by atoms with Crippen molar-refractivity contribution >= 4 is 60.1 Å². The monoisotopic (exact) mass is 794 g/mol. The van der Waals surface area contributed by atoms with E-state index in [2.05, 4.69) is 30.2 Å². The van der Waals surface area contributed by atoms with Crippen molar-refractivity contribution in [1.29, 1.82) is 0 Å². The van der Waals surface area contributed by atoms with Crippen molar-refractivity contribution in [3.05, 3.63) is 30.1 Å². The second-order valence-corrected chi connectivity index (χ2v) is 19.1. The predicted octanol–water partition coefficient (Wildman–Crippen LogP) is 1.01. The van der Waals surface area contributed by atoms with Crippen molar-refractivity contribution in [3.63, 3.8) is 0 Å². The van der Waals surface area contributed by atoms with E-state index in [0.29, 0.717) is 12.2 Å². The van der Waals surface area contributed by atoms with Crippen LogP contribution in [0.5, 0.6) is 0 Å². The lowest BCUT2D eigenvalue weighted by molar-refractivity contribution is -0.0597. The molecule has 3 aliphatic heterocycles. The summed E-state index contributed by atoms with van der Waals surface area (Å²) in [7, 11) is -4.04. The van der Waals surface area contributed by atoms with Gasteiger partial charge in [0.15, 0.2) is 23.9 Å². The Kier molecular flexibility index (Phi) is 8.94. The van der Waals surface area contributed by atoms with E-state index in [1.165, 1.54) is 23.9 Å². The molecule has 2 bridgehead atoms. The number of nitrogens with one attached hydrogen (secondary N) is 1. The number of nitrogens with two attached hydrogens (primary N) is 2. The molecule has 3 saturated heterocycles. The number of aryl methyl sites for hydroxylation is 2. The van der Waals surface area contributed by atoms with Crippen LogP contribution in [0.15, 0.2) is 18.9 Å². The van der Waals surface area contributed by atoms with Crippen LogP contribution in [0.4, 0.5) is 11.8 Å². The summed E-state index contributed by atoms with van der Waals surface area (Å²) in [5.41, 5.74) is 15.1. The minimum absolute atomic E-state index is 0.0885. The van der Waals surface area contributed by atoms with Gasteiger partial charge < -0.3 is 55.0 Å². The van der Waals surface area contributed by atoms with E-state index in [9.17, 15) is 19.7 Å². The highest BCUT2D eigenvalue weighted by Crippen LogP contribution is 2.54. The summed E-state index contributed by atoms with van der Waals surface area (Å²) in [6.45, 7) is -3.34. The largest absolute Gasteiger partial charge is 0.387 e. The normalized spacial score (nSPS) is 37.1. The summed E-state index contributed by atoms with van der Waals surface area (Å²) in [6.07, 6.45) is 0.132. The molecular formula is C30H40N10O10P2S. The summed E-state index contributed by atoms with van der Waals surface area (Å²) in [5, 5.41) is 27.2. The maximum atomic E-state index is 14.0. The molecule has 0 radical (unpaired) electrons. The van der Waals surface area contributed by atoms with Crippen LogP contribution in [0.25, 0.3) is 22.2 Å². The summed E-state index contributed by atoms with van der Waals surface area (Å²) in [4.78, 5) is 33.5. The van der Waals surface area contributed by atoms with Gasteiger partial charge in [-0.15, -0.1) is 0 Å². The Morgan fingerprint density at radius 3 is 2.57 bits per heavy atom. The third-order valence-corrected chi connectivity index (χ3v) is 13.2. The van der Waals surface area contributed by atoms with E-state index in [-0.39, 0.29) is 28.5 Å². The van der Waals surface area contributed by atoms with Gasteiger partial charge in [-0.25, -0.2) is 15.0 Å². The number of aliphatic hydroxyl groups excluding tert-OH is 2. The number of ether oxygens (including phenoxy) is 2. The molecule has 53 heavy (non-hydrogen) atoms. The molecule has 0 aromatic carbocycles. The number of aromatic nitrogens is 7. The Hall–Kier alpha value is -2.75. The van der Waals surface area contributed by atoms with Crippen molar-refractivity contribution in [2.24, 2.45) is 5.73 Å². The first-order valence-corrected chi connectivity index (χ1v) is 22.0. The van der Waals surface area contributed by atoms with Crippen LogP contribution in [0.3, 0.4) is 0 Å². The predicted molar refractivity (Wildman–Crippen MR) is 190 cm³/mol. The zero-order chi connectivity index (χ0) is 36.9. The fraction of sp³-hybridized carbons (Fsp3) is 0.633. The minimum Gasteiger partial charge on any atom is -0.387 e. The number of hydrogen-bond acceptors (Lipinski definition) is 18. The Balaban J connectivity index is 1.01. The van der Waals surface area contributed by atoms with Crippen molar-refractivity contribution in [2.75, 3.05) is 37.5 Å². The smallest absolute Gasteiger partial charge is 0.328 e. The number of aliphatic hydroxyl groups is 2. The molecule has 20 nitrogen and oxygen atoms in total. The molecule has 0 spiro atoms. The van der Waals surface area contributed by atoms with Gasteiger partial charge in [0.2, 0.25) is 5.95 Å². The quantitative estimate of drug-likeness (QED) is 0.154. The average Bonchev–Trinajstić information content (AvgIpc) is 3.31. The third-order valence-electron chi connectivity index (χ3n) is 10.4. The van der Waals surface area contributed by atoms with Crippen LogP contribution < -0.4 is 16.8 Å². The molecule has 2 aliphatic carbocycles. The van der Waals surface area contributed by atoms with E-state index in [1.807, 2.05) is 6.20 Å². The highest BCUT2D eigenvalue weighted by molar-refractivity contribution is 8.07. The Bertz CT molecular complexity index is 2170. The molecule has 5 aliphatic rings. The van der Waals surface area contributed by atoms with E-state index in [4.69, 9.17) is 50.8 Å². The summed E-state index contributed by atoms with van der Waals surface area (Å²) < 4.78 is 53.3. The van der Waals surface area contributed by atoms with Gasteiger partial charge in [0.1, 0.15) is 54.1 Å². The zero-order valence-corrected chi connectivity index (χ0v) is 31.1. The van der Waals surface area contributed by atoms with Crippen LogP contribution in [-0.4, -0.2) is 118 Å². The first-order chi connectivity index (χ1) is 25.3. The molecule has 10 atom stereocenters. The number of rotatable bonds is 5. The van der Waals surface area contributed by atoms with Crippen LogP contribution in [0.2, 0.25) is 0 Å². The third kappa shape index (κ3) is 6.68. The number of imidazole rings is 1. The lowest BCUT2D eigenvalue weighted by Crippen LogP contribution is -2.36. The molecule has 4 aromatic heterocycles. The molecule has 0 amide bonds. The van der Waals surface area contributed by atoms with Gasteiger partial charge >= 0.3 is 14.3 Å². The Morgan fingerprint density at radius 1 is 0.981 bits per heavy atom. The van der Waals surface area contributed by atoms with Gasteiger partial charge in [0, 0.05) is 30.3 Å². The van der Waals surface area contributed by atoms with Gasteiger partial charge in [0.05, 0.1) is 25.2 Å². The summed E-state index contributed by atoms with van der Waals surface area (Å²) in [6, 6.07) is 0. The second kappa shape index (κ2) is 13.2.